The van der Waals surface area contributed by atoms with E-state index in [4.69, 9.17) is 14.4 Å². The molecule has 0 heterocycles. The van der Waals surface area contributed by atoms with Gasteiger partial charge in [-0.1, -0.05) is 60.7 Å². The monoisotopic (exact) mass is 264 g/mol. The fraction of sp³-hybridized carbons (Fsp3) is 0. The summed E-state index contributed by atoms with van der Waals surface area (Å²) in [6, 6.07) is 18.6. The Balaban J connectivity index is 0.000000357. The van der Waals surface area contributed by atoms with Crippen LogP contribution in [0, 0.1) is 0 Å². The van der Waals surface area contributed by atoms with Gasteiger partial charge in [0.15, 0.2) is 5.78 Å². The molecule has 94 valence electrons. The van der Waals surface area contributed by atoms with Gasteiger partial charge in [0.1, 0.15) is 0 Å². The zero-order valence-corrected chi connectivity index (χ0v) is 10.5. The Labute approximate surface area is 105 Å². The molecule has 0 saturated heterocycles. The van der Waals surface area contributed by atoms with Crippen molar-refractivity contribution in [2.45, 2.75) is 0 Å². The van der Waals surface area contributed by atoms with Gasteiger partial charge < -0.3 is 9.79 Å². The number of benzene rings is 2. The second-order valence-electron chi connectivity index (χ2n) is 3.34. The van der Waals surface area contributed by atoms with E-state index in [1.54, 1.807) is 0 Å². The predicted molar refractivity (Wildman–Crippen MR) is 69.8 cm³/mol. The van der Waals surface area contributed by atoms with Crippen molar-refractivity contribution in [2.75, 3.05) is 0 Å². The summed E-state index contributed by atoms with van der Waals surface area (Å²) in [5.41, 5.74) is 1.47. The molecule has 0 fully saturated rings. The van der Waals surface area contributed by atoms with Gasteiger partial charge in [0.2, 0.25) is 0 Å². The van der Waals surface area contributed by atoms with Crippen LogP contribution in [-0.4, -0.2) is 15.6 Å². The van der Waals surface area contributed by atoms with Gasteiger partial charge in [0.25, 0.3) is 0 Å². The lowest BCUT2D eigenvalue weighted by Gasteiger charge is -1.99. The molecule has 0 saturated carbocycles. The smallest absolute Gasteiger partial charge is 0.314 e. The second-order valence-corrected chi connectivity index (χ2v) is 3.91. The topological polar surface area (TPSA) is 74.6 Å². The van der Waals surface area contributed by atoms with Crippen molar-refractivity contribution >= 4 is 14.0 Å². The number of ketones is 1. The van der Waals surface area contributed by atoms with Crippen LogP contribution in [0.1, 0.15) is 15.9 Å². The Bertz CT molecular complexity index is 466. The average molecular weight is 264 g/mol. The summed E-state index contributed by atoms with van der Waals surface area (Å²) >= 11 is 0. The number of hydrogen-bond donors (Lipinski definition) is 2. The average Bonchev–Trinajstić information content (AvgIpc) is 2.39. The second kappa shape index (κ2) is 7.56. The van der Waals surface area contributed by atoms with Crippen LogP contribution in [0.15, 0.2) is 60.7 Å². The molecule has 0 unspecified atom stereocenters. The van der Waals surface area contributed by atoms with Crippen LogP contribution >= 0.6 is 8.25 Å². The summed E-state index contributed by atoms with van der Waals surface area (Å²) in [5.74, 6) is 0.0752. The molecule has 2 rings (SSSR count). The Kier molecular flexibility index (Phi) is 6.01. The molecule has 0 bridgehead atoms. The van der Waals surface area contributed by atoms with Gasteiger partial charge in [0.05, 0.1) is 0 Å². The number of carbonyl (C=O) groups excluding carboxylic acids is 1. The van der Waals surface area contributed by atoms with Crippen LogP contribution in [0.4, 0.5) is 0 Å². The van der Waals surface area contributed by atoms with Crippen LogP contribution < -0.4 is 0 Å². The normalized spacial score (nSPS) is 9.50. The molecule has 18 heavy (non-hydrogen) atoms. The molecule has 0 aliphatic rings. The largest absolute Gasteiger partial charge is 0.326 e. The highest BCUT2D eigenvalue weighted by Crippen LogP contribution is 2.08. The van der Waals surface area contributed by atoms with Crippen molar-refractivity contribution in [2.24, 2.45) is 0 Å². The van der Waals surface area contributed by atoms with E-state index in [0.717, 1.165) is 11.1 Å². The third-order valence-electron chi connectivity index (χ3n) is 2.07. The maximum absolute atomic E-state index is 11.8. The SMILES string of the molecule is O=C(c1ccccc1)c1ccccc1.O=[PH](O)O. The van der Waals surface area contributed by atoms with E-state index < -0.39 is 8.25 Å². The van der Waals surface area contributed by atoms with Gasteiger partial charge in [-0.15, -0.1) is 0 Å². The van der Waals surface area contributed by atoms with E-state index in [-0.39, 0.29) is 5.78 Å². The van der Waals surface area contributed by atoms with E-state index in [0.29, 0.717) is 0 Å². The minimum absolute atomic E-state index is 0.0752. The molecule has 4 nitrogen and oxygen atoms in total. The number of hydrogen-bond acceptors (Lipinski definition) is 2. The highest BCUT2D eigenvalue weighted by Gasteiger charge is 2.06. The lowest BCUT2D eigenvalue weighted by molar-refractivity contribution is 0.103. The van der Waals surface area contributed by atoms with Crippen molar-refractivity contribution in [3.8, 4) is 0 Å². The van der Waals surface area contributed by atoms with E-state index >= 15 is 0 Å². The van der Waals surface area contributed by atoms with E-state index in [1.165, 1.54) is 0 Å². The van der Waals surface area contributed by atoms with E-state index in [9.17, 15) is 4.79 Å². The molecule has 0 radical (unpaired) electrons. The van der Waals surface area contributed by atoms with Gasteiger partial charge in [-0.3, -0.25) is 9.36 Å². The van der Waals surface area contributed by atoms with Crippen LogP contribution in [-0.2, 0) is 4.57 Å². The molecule has 2 N–H and O–H groups in total. The van der Waals surface area contributed by atoms with Crippen LogP contribution in [0.3, 0.4) is 0 Å². The van der Waals surface area contributed by atoms with Crippen LogP contribution in [0.2, 0.25) is 0 Å². The standard InChI is InChI=1S/C13H10O.H3O3P/c14-13(11-7-3-1-4-8-11)12-9-5-2-6-10-12;1-4(2)3/h1-10H;4H,(H2,1,2,3). The first-order valence-electron chi connectivity index (χ1n) is 5.18. The quantitative estimate of drug-likeness (QED) is 0.644. The minimum Gasteiger partial charge on any atom is -0.326 e. The molecular formula is C13H13O4P. The zero-order chi connectivity index (χ0) is 13.4. The van der Waals surface area contributed by atoms with Crippen molar-refractivity contribution in [1.82, 2.24) is 0 Å². The summed E-state index contributed by atoms with van der Waals surface area (Å²) in [4.78, 5) is 26.2. The number of carbonyl (C=O) groups is 1. The summed E-state index contributed by atoms with van der Waals surface area (Å²) < 4.78 is 8.74. The zero-order valence-electron chi connectivity index (χ0n) is 9.48. The Hall–Kier alpha value is -1.74. The van der Waals surface area contributed by atoms with E-state index in [2.05, 4.69) is 0 Å². The van der Waals surface area contributed by atoms with Crippen molar-refractivity contribution in [3.05, 3.63) is 71.8 Å². The third-order valence-corrected chi connectivity index (χ3v) is 2.07. The Morgan fingerprint density at radius 1 is 0.778 bits per heavy atom. The Morgan fingerprint density at radius 3 is 1.33 bits per heavy atom. The first kappa shape index (κ1) is 14.3. The lowest BCUT2D eigenvalue weighted by Crippen LogP contribution is -1.99. The molecule has 2 aromatic carbocycles. The summed E-state index contributed by atoms with van der Waals surface area (Å²) in [6.45, 7) is 0. The third kappa shape index (κ3) is 5.06. The Morgan fingerprint density at radius 2 is 1.06 bits per heavy atom. The maximum Gasteiger partial charge on any atom is 0.314 e. The minimum atomic E-state index is -3.13. The van der Waals surface area contributed by atoms with Gasteiger partial charge in [-0.05, 0) is 0 Å². The van der Waals surface area contributed by atoms with E-state index in [1.807, 2.05) is 60.7 Å². The molecule has 0 aliphatic heterocycles. The molecule has 0 aliphatic carbocycles. The summed E-state index contributed by atoms with van der Waals surface area (Å²) in [7, 11) is -3.13. The molecule has 5 heteroatoms. The van der Waals surface area contributed by atoms with Gasteiger partial charge in [-0.2, -0.15) is 0 Å². The molecule has 0 amide bonds. The molecule has 0 aromatic heterocycles. The maximum atomic E-state index is 11.8. The molecule has 2 aromatic rings. The predicted octanol–water partition coefficient (Wildman–Crippen LogP) is 2.28. The molecule has 0 spiro atoms. The fourth-order valence-electron chi connectivity index (χ4n) is 1.35. The van der Waals surface area contributed by atoms with Gasteiger partial charge >= 0.3 is 8.25 Å². The van der Waals surface area contributed by atoms with Crippen molar-refractivity contribution in [1.29, 1.82) is 0 Å². The van der Waals surface area contributed by atoms with Crippen molar-refractivity contribution in [3.63, 3.8) is 0 Å². The highest BCUT2D eigenvalue weighted by atomic mass is 31.1. The fourth-order valence-corrected chi connectivity index (χ4v) is 1.35. The van der Waals surface area contributed by atoms with Crippen LogP contribution in [0.25, 0.3) is 0 Å². The number of rotatable bonds is 2. The lowest BCUT2D eigenvalue weighted by atomic mass is 10.0. The first-order chi connectivity index (χ1) is 8.61. The van der Waals surface area contributed by atoms with Crippen LogP contribution in [0.5, 0.6) is 0 Å². The summed E-state index contributed by atoms with van der Waals surface area (Å²) in [6.07, 6.45) is 0. The first-order valence-corrected chi connectivity index (χ1v) is 6.48. The molecule has 0 atom stereocenters. The highest BCUT2D eigenvalue weighted by molar-refractivity contribution is 7.30. The van der Waals surface area contributed by atoms with Gasteiger partial charge in [-0.25, -0.2) is 0 Å². The van der Waals surface area contributed by atoms with Crippen molar-refractivity contribution < 1.29 is 19.1 Å². The molecular weight excluding hydrogens is 251 g/mol. The van der Waals surface area contributed by atoms with Gasteiger partial charge in [0, 0.05) is 11.1 Å². The summed E-state index contributed by atoms with van der Waals surface area (Å²) in [5, 5.41) is 0.